The molecule has 0 spiro atoms. The van der Waals surface area contributed by atoms with Crippen molar-refractivity contribution in [3.63, 3.8) is 0 Å². The zero-order valence-corrected chi connectivity index (χ0v) is 38.1. The van der Waals surface area contributed by atoms with Crippen molar-refractivity contribution in [1.29, 1.82) is 0 Å². The van der Waals surface area contributed by atoms with Crippen LogP contribution in [0.2, 0.25) is 0 Å². The number of fused-ring (bicyclic) bond motifs is 6. The molecule has 0 radical (unpaired) electrons. The van der Waals surface area contributed by atoms with Gasteiger partial charge in [-0.1, -0.05) is 134 Å². The Morgan fingerprint density at radius 2 is 1.26 bits per heavy atom. The second-order valence-corrected chi connectivity index (χ2v) is 18.7. The Kier molecular flexibility index (Phi) is 9.01. The summed E-state index contributed by atoms with van der Waals surface area (Å²) in [6.45, 7) is 13.4. The van der Waals surface area contributed by atoms with E-state index in [1.807, 2.05) is 6.20 Å². The van der Waals surface area contributed by atoms with Crippen molar-refractivity contribution in [1.82, 2.24) is 19.5 Å². The summed E-state index contributed by atoms with van der Waals surface area (Å²) in [7, 11) is 0. The summed E-state index contributed by atoms with van der Waals surface area (Å²) in [5.41, 5.74) is 22.7. The third kappa shape index (κ3) is 6.22. The fraction of sp³-hybridized carbons (Fsp3) is 0.115. The van der Waals surface area contributed by atoms with E-state index in [-0.39, 0.29) is 5.41 Å². The minimum atomic E-state index is -0.260. The van der Waals surface area contributed by atoms with Crippen LogP contribution in [-0.4, -0.2) is 19.5 Å². The molecule has 66 heavy (non-hydrogen) atoms. The summed E-state index contributed by atoms with van der Waals surface area (Å²) in [4.78, 5) is 17.1. The maximum absolute atomic E-state index is 5.75. The molecule has 1 N–H and O–H groups in total. The van der Waals surface area contributed by atoms with Gasteiger partial charge in [0.25, 0.3) is 0 Å². The van der Waals surface area contributed by atoms with Crippen LogP contribution in [0.3, 0.4) is 0 Å². The van der Waals surface area contributed by atoms with Crippen LogP contribution >= 0.6 is 0 Å². The lowest BCUT2D eigenvalue weighted by molar-refractivity contribution is 0.631. The minimum Gasteiger partial charge on any atom is -0.354 e. The number of nitrogens with zero attached hydrogens (tertiary/aromatic N) is 4. The average Bonchev–Trinajstić information content (AvgIpc) is 3.90. The highest BCUT2D eigenvalue weighted by molar-refractivity contribution is 6.14. The number of aryl methyl sites for hydroxylation is 4. The lowest BCUT2D eigenvalue weighted by Gasteiger charge is -2.41. The zero-order chi connectivity index (χ0) is 44.8. The Morgan fingerprint density at radius 1 is 0.515 bits per heavy atom. The van der Waals surface area contributed by atoms with Gasteiger partial charge in [-0.05, 0) is 144 Å². The second-order valence-electron chi connectivity index (χ2n) is 18.7. The SMILES string of the molecule is Cc1cc(C)c(-c2ccnc(N3c4ccccc4C(C)(C)c4ccc(-c5cccc6c5nc(-c5cc(-c7ccccc7)cc7c5[nH]c5ccc(C)cc57)n6-c5ccccc5)cc43)c2)c(C)c1. The standard InChI is InChI=1S/C61H49N5/c1-37-24-27-52-47(32-37)48-33-44(41-16-9-7-10-17-41)34-49(58(48)63-52)60-64-59-46(20-15-23-54(59)65(60)45-18-11-8-12-19-45)42-25-26-51-55(35-42)66(53-22-14-13-21-50(53)61(51,5)6)56-36-43(28-29-62-56)57-39(3)30-38(2)31-40(57)4/h7-36,63H,1-6H3. The zero-order valence-electron chi connectivity index (χ0n) is 38.1. The number of aromatic amines is 1. The third-order valence-corrected chi connectivity index (χ3v) is 13.9. The lowest BCUT2D eigenvalue weighted by atomic mass is 9.73. The van der Waals surface area contributed by atoms with Gasteiger partial charge in [0.2, 0.25) is 0 Å². The number of para-hydroxylation sites is 3. The van der Waals surface area contributed by atoms with E-state index in [0.29, 0.717) is 0 Å². The first-order valence-corrected chi connectivity index (χ1v) is 22.9. The third-order valence-electron chi connectivity index (χ3n) is 13.9. The van der Waals surface area contributed by atoms with Crippen molar-refractivity contribution >= 4 is 50.0 Å². The second kappa shape index (κ2) is 15.0. The number of benzene rings is 8. The molecule has 318 valence electrons. The Labute approximate surface area is 385 Å². The van der Waals surface area contributed by atoms with Gasteiger partial charge >= 0.3 is 0 Å². The van der Waals surface area contributed by atoms with Crippen LogP contribution in [0.5, 0.6) is 0 Å². The predicted molar refractivity (Wildman–Crippen MR) is 276 cm³/mol. The molecule has 4 heterocycles. The van der Waals surface area contributed by atoms with Crippen molar-refractivity contribution < 1.29 is 0 Å². The molecule has 0 atom stereocenters. The molecule has 1 aliphatic heterocycles. The molecule has 3 aromatic heterocycles. The van der Waals surface area contributed by atoms with Gasteiger partial charge in [0.05, 0.1) is 27.9 Å². The van der Waals surface area contributed by atoms with Crippen LogP contribution in [0.4, 0.5) is 17.2 Å². The molecule has 11 aromatic rings. The normalized spacial score (nSPS) is 13.1. The molecule has 0 unspecified atom stereocenters. The molecule has 0 fully saturated rings. The molecule has 0 bridgehead atoms. The highest BCUT2D eigenvalue weighted by atomic mass is 15.2. The lowest BCUT2D eigenvalue weighted by Crippen LogP contribution is -2.31. The number of imidazole rings is 1. The molecule has 0 aliphatic carbocycles. The van der Waals surface area contributed by atoms with E-state index < -0.39 is 0 Å². The summed E-state index contributed by atoms with van der Waals surface area (Å²) in [6, 6.07) is 64.1. The monoisotopic (exact) mass is 851 g/mol. The number of anilines is 3. The van der Waals surface area contributed by atoms with Gasteiger partial charge in [-0.15, -0.1) is 0 Å². The Bertz CT molecular complexity index is 3700. The summed E-state index contributed by atoms with van der Waals surface area (Å²) in [6.07, 6.45) is 1.96. The van der Waals surface area contributed by atoms with Gasteiger partial charge in [-0.3, -0.25) is 9.47 Å². The van der Waals surface area contributed by atoms with Crippen LogP contribution in [0.25, 0.3) is 83.3 Å². The van der Waals surface area contributed by atoms with Gasteiger partial charge in [0.1, 0.15) is 11.6 Å². The van der Waals surface area contributed by atoms with Gasteiger partial charge in [0, 0.05) is 44.7 Å². The molecule has 0 saturated carbocycles. The van der Waals surface area contributed by atoms with Gasteiger partial charge in [-0.25, -0.2) is 9.97 Å². The van der Waals surface area contributed by atoms with Gasteiger partial charge < -0.3 is 4.98 Å². The molecule has 0 amide bonds. The number of hydrogen-bond acceptors (Lipinski definition) is 3. The number of pyridine rings is 1. The largest absolute Gasteiger partial charge is 0.354 e. The highest BCUT2D eigenvalue weighted by Crippen LogP contribution is 2.53. The Hall–Kier alpha value is -8.02. The molecule has 5 nitrogen and oxygen atoms in total. The molecule has 0 saturated heterocycles. The van der Waals surface area contributed by atoms with Gasteiger partial charge in [-0.2, -0.15) is 0 Å². The molecule has 1 aliphatic rings. The highest BCUT2D eigenvalue weighted by Gasteiger charge is 2.37. The quantitative estimate of drug-likeness (QED) is 0.181. The average molecular weight is 852 g/mol. The van der Waals surface area contributed by atoms with E-state index in [1.54, 1.807) is 0 Å². The van der Waals surface area contributed by atoms with E-state index in [1.165, 1.54) is 49.7 Å². The van der Waals surface area contributed by atoms with Crippen molar-refractivity contribution in [2.24, 2.45) is 0 Å². The molecule has 8 aromatic carbocycles. The smallest absolute Gasteiger partial charge is 0.147 e. The molecule has 5 heteroatoms. The van der Waals surface area contributed by atoms with E-state index in [4.69, 9.17) is 9.97 Å². The molecule has 12 rings (SSSR count). The number of aromatic nitrogens is 4. The van der Waals surface area contributed by atoms with E-state index in [0.717, 1.165) is 84.2 Å². The summed E-state index contributed by atoms with van der Waals surface area (Å²) in [5, 5.41) is 2.39. The van der Waals surface area contributed by atoms with Crippen molar-refractivity contribution in [2.75, 3.05) is 4.90 Å². The van der Waals surface area contributed by atoms with Crippen LogP contribution in [0.1, 0.15) is 47.2 Å². The Morgan fingerprint density at radius 3 is 2.06 bits per heavy atom. The van der Waals surface area contributed by atoms with E-state index in [2.05, 4.69) is 232 Å². The minimum absolute atomic E-state index is 0.260. The first-order chi connectivity index (χ1) is 32.1. The van der Waals surface area contributed by atoms with Crippen LogP contribution in [-0.2, 0) is 5.41 Å². The van der Waals surface area contributed by atoms with Crippen LogP contribution in [0, 0.1) is 27.7 Å². The van der Waals surface area contributed by atoms with Crippen molar-refractivity contribution in [3.8, 4) is 50.5 Å². The fourth-order valence-electron chi connectivity index (χ4n) is 10.9. The molecular formula is C61H49N5. The summed E-state index contributed by atoms with van der Waals surface area (Å²) in [5.74, 6) is 1.77. The summed E-state index contributed by atoms with van der Waals surface area (Å²) < 4.78 is 2.34. The number of hydrogen-bond donors (Lipinski definition) is 1. The van der Waals surface area contributed by atoms with E-state index >= 15 is 0 Å². The summed E-state index contributed by atoms with van der Waals surface area (Å²) >= 11 is 0. The van der Waals surface area contributed by atoms with Crippen LogP contribution in [0.15, 0.2) is 182 Å². The van der Waals surface area contributed by atoms with E-state index in [9.17, 15) is 0 Å². The number of nitrogens with one attached hydrogen (secondary N) is 1. The van der Waals surface area contributed by atoms with Crippen molar-refractivity contribution in [2.45, 2.75) is 47.0 Å². The predicted octanol–water partition coefficient (Wildman–Crippen LogP) is 16.1. The maximum atomic E-state index is 5.75. The first-order valence-electron chi connectivity index (χ1n) is 22.9. The first kappa shape index (κ1) is 39.6. The number of H-pyrrole nitrogens is 1. The van der Waals surface area contributed by atoms with Crippen molar-refractivity contribution in [3.05, 3.63) is 216 Å². The maximum Gasteiger partial charge on any atom is 0.147 e. The van der Waals surface area contributed by atoms with Gasteiger partial charge in [0.15, 0.2) is 0 Å². The Balaban J connectivity index is 1.10. The fourth-order valence-corrected chi connectivity index (χ4v) is 10.9. The number of rotatable bonds is 6. The topological polar surface area (TPSA) is 49.7 Å². The van der Waals surface area contributed by atoms with Crippen LogP contribution < -0.4 is 4.90 Å². The molecular weight excluding hydrogens is 803 g/mol.